The Morgan fingerprint density at radius 3 is 2.32 bits per heavy atom. The number of ether oxygens (including phenoxy) is 2. The van der Waals surface area contributed by atoms with E-state index in [9.17, 15) is 22.7 Å². The lowest BCUT2D eigenvalue weighted by Crippen LogP contribution is -2.34. The third kappa shape index (κ3) is 5.89. The Morgan fingerprint density at radius 2 is 1.74 bits per heavy atom. The van der Waals surface area contributed by atoms with Gasteiger partial charge in [-0.3, -0.25) is 0 Å². The zero-order valence-corrected chi connectivity index (χ0v) is 9.94. The van der Waals surface area contributed by atoms with Gasteiger partial charge in [-0.2, -0.15) is 8.78 Å². The number of hydrogen-bond acceptors (Lipinski definition) is 3. The van der Waals surface area contributed by atoms with Gasteiger partial charge in [0, 0.05) is 0 Å². The van der Waals surface area contributed by atoms with Gasteiger partial charge in [-0.05, 0) is 12.1 Å². The van der Waals surface area contributed by atoms with Crippen LogP contribution in [-0.2, 0) is 4.74 Å². The van der Waals surface area contributed by atoms with Crippen LogP contribution in [0, 0.1) is 0 Å². The second-order valence-corrected chi connectivity index (χ2v) is 3.85. The molecule has 1 aromatic rings. The van der Waals surface area contributed by atoms with Crippen LogP contribution in [0.15, 0.2) is 30.3 Å². The second-order valence-electron chi connectivity index (χ2n) is 3.85. The van der Waals surface area contributed by atoms with Crippen molar-refractivity contribution in [3.8, 4) is 5.75 Å². The van der Waals surface area contributed by atoms with E-state index in [0.29, 0.717) is 5.75 Å². The Balaban J connectivity index is 2.20. The predicted molar refractivity (Wildman–Crippen MR) is 59.7 cm³/mol. The molecule has 1 N–H and O–H groups in total. The smallest absolute Gasteiger partial charge is 0.330 e. The van der Waals surface area contributed by atoms with Gasteiger partial charge in [0.05, 0.1) is 6.61 Å². The number of aliphatic hydroxyl groups is 1. The van der Waals surface area contributed by atoms with Crippen LogP contribution in [0.1, 0.15) is 0 Å². The molecule has 1 unspecified atom stereocenters. The fourth-order valence-corrected chi connectivity index (χ4v) is 1.15. The van der Waals surface area contributed by atoms with E-state index in [1.54, 1.807) is 30.3 Å². The number of aliphatic hydroxyl groups excluding tert-OH is 1. The summed E-state index contributed by atoms with van der Waals surface area (Å²) in [4.78, 5) is 0. The van der Waals surface area contributed by atoms with Crippen molar-refractivity contribution in [1.29, 1.82) is 0 Å². The Bertz CT molecular complexity index is 359. The molecule has 0 aliphatic rings. The fourth-order valence-electron chi connectivity index (χ4n) is 1.15. The van der Waals surface area contributed by atoms with Gasteiger partial charge in [-0.1, -0.05) is 18.2 Å². The summed E-state index contributed by atoms with van der Waals surface area (Å²) in [5, 5.41) is 9.36. The quantitative estimate of drug-likeness (QED) is 0.744. The second kappa shape index (κ2) is 7.30. The number of para-hydroxylation sites is 1. The topological polar surface area (TPSA) is 38.7 Å². The minimum atomic E-state index is -4.21. The van der Waals surface area contributed by atoms with Crippen LogP contribution in [0.3, 0.4) is 0 Å². The molecule has 7 heteroatoms. The van der Waals surface area contributed by atoms with Crippen molar-refractivity contribution in [1.82, 2.24) is 0 Å². The summed E-state index contributed by atoms with van der Waals surface area (Å²) < 4.78 is 58.0. The standard InChI is InChI=1S/C12H14F4O3/c13-11(14)12(15,16)8-18-6-9(17)7-19-10-4-2-1-3-5-10/h1-5,9,11,17H,6-8H2. The normalized spacial score (nSPS) is 13.6. The molecule has 1 rings (SSSR count). The average Bonchev–Trinajstić information content (AvgIpc) is 2.37. The molecular weight excluding hydrogens is 268 g/mol. The van der Waals surface area contributed by atoms with Crippen LogP contribution in [0.4, 0.5) is 17.6 Å². The number of rotatable bonds is 8. The highest BCUT2D eigenvalue weighted by atomic mass is 19.3. The zero-order valence-electron chi connectivity index (χ0n) is 9.94. The third-order valence-electron chi connectivity index (χ3n) is 2.11. The third-order valence-corrected chi connectivity index (χ3v) is 2.11. The lowest BCUT2D eigenvalue weighted by Gasteiger charge is -2.17. The molecule has 0 aromatic heterocycles. The first-order chi connectivity index (χ1) is 8.92. The van der Waals surface area contributed by atoms with E-state index in [-0.39, 0.29) is 6.61 Å². The van der Waals surface area contributed by atoms with Crippen molar-refractivity contribution in [2.75, 3.05) is 19.8 Å². The van der Waals surface area contributed by atoms with Crippen LogP contribution >= 0.6 is 0 Å². The molecule has 0 aliphatic heterocycles. The number of halogens is 4. The van der Waals surface area contributed by atoms with Crippen LogP contribution in [0.5, 0.6) is 5.75 Å². The molecule has 0 radical (unpaired) electrons. The van der Waals surface area contributed by atoms with E-state index in [0.717, 1.165) is 0 Å². The van der Waals surface area contributed by atoms with E-state index in [1.807, 2.05) is 0 Å². The Hall–Kier alpha value is -1.34. The maximum absolute atomic E-state index is 12.5. The molecule has 0 spiro atoms. The predicted octanol–water partition coefficient (Wildman–Crippen LogP) is 2.34. The lowest BCUT2D eigenvalue weighted by molar-refractivity contribution is -0.171. The number of hydrogen-bond donors (Lipinski definition) is 1. The largest absolute Gasteiger partial charge is 0.491 e. The first-order valence-electron chi connectivity index (χ1n) is 5.51. The first-order valence-corrected chi connectivity index (χ1v) is 5.51. The Kier molecular flexibility index (Phi) is 6.04. The van der Waals surface area contributed by atoms with Crippen LogP contribution in [0.25, 0.3) is 0 Å². The number of alkyl halides is 4. The van der Waals surface area contributed by atoms with Crippen LogP contribution < -0.4 is 4.74 Å². The van der Waals surface area contributed by atoms with Crippen molar-refractivity contribution in [3.63, 3.8) is 0 Å². The van der Waals surface area contributed by atoms with Gasteiger partial charge in [-0.25, -0.2) is 8.78 Å². The summed E-state index contributed by atoms with van der Waals surface area (Å²) in [6.07, 6.45) is -4.96. The number of benzene rings is 1. The molecule has 0 saturated carbocycles. The molecule has 108 valence electrons. The summed E-state index contributed by atoms with van der Waals surface area (Å²) in [6.45, 7) is -2.12. The van der Waals surface area contributed by atoms with Crippen molar-refractivity contribution in [2.45, 2.75) is 18.5 Å². The SMILES string of the molecule is OC(COCC(F)(F)C(F)F)COc1ccccc1. The Labute approximate surface area is 107 Å². The summed E-state index contributed by atoms with van der Waals surface area (Å²) in [5.74, 6) is -3.71. The van der Waals surface area contributed by atoms with E-state index in [2.05, 4.69) is 4.74 Å². The van der Waals surface area contributed by atoms with Crippen LogP contribution in [-0.4, -0.2) is 43.4 Å². The molecule has 0 amide bonds. The van der Waals surface area contributed by atoms with Crippen molar-refractivity contribution in [3.05, 3.63) is 30.3 Å². The fraction of sp³-hybridized carbons (Fsp3) is 0.500. The highest BCUT2D eigenvalue weighted by Crippen LogP contribution is 2.22. The van der Waals surface area contributed by atoms with Gasteiger partial charge < -0.3 is 14.6 Å². The van der Waals surface area contributed by atoms with E-state index >= 15 is 0 Å². The summed E-state index contributed by atoms with van der Waals surface area (Å²) in [5.41, 5.74) is 0. The van der Waals surface area contributed by atoms with Gasteiger partial charge in [0.25, 0.3) is 0 Å². The van der Waals surface area contributed by atoms with E-state index in [4.69, 9.17) is 4.74 Å². The molecule has 1 aromatic carbocycles. The molecule has 0 saturated heterocycles. The average molecular weight is 282 g/mol. The molecular formula is C12H14F4O3. The van der Waals surface area contributed by atoms with Crippen molar-refractivity contribution in [2.24, 2.45) is 0 Å². The summed E-state index contributed by atoms with van der Waals surface area (Å²) in [6, 6.07) is 8.53. The van der Waals surface area contributed by atoms with E-state index < -0.39 is 31.7 Å². The van der Waals surface area contributed by atoms with Crippen LogP contribution in [0.2, 0.25) is 0 Å². The van der Waals surface area contributed by atoms with Crippen molar-refractivity contribution >= 4 is 0 Å². The minimum absolute atomic E-state index is 0.176. The summed E-state index contributed by atoms with van der Waals surface area (Å²) >= 11 is 0. The Morgan fingerprint density at radius 1 is 1.11 bits per heavy atom. The molecule has 1 atom stereocenters. The lowest BCUT2D eigenvalue weighted by atomic mass is 10.3. The highest BCUT2D eigenvalue weighted by molar-refractivity contribution is 5.20. The maximum atomic E-state index is 12.5. The molecule has 0 bridgehead atoms. The zero-order chi connectivity index (χ0) is 14.3. The molecule has 19 heavy (non-hydrogen) atoms. The monoisotopic (exact) mass is 282 g/mol. The van der Waals surface area contributed by atoms with Gasteiger partial charge in [0.2, 0.25) is 0 Å². The maximum Gasteiger partial charge on any atom is 0.330 e. The minimum Gasteiger partial charge on any atom is -0.491 e. The molecule has 0 aliphatic carbocycles. The molecule has 0 heterocycles. The molecule has 0 fully saturated rings. The van der Waals surface area contributed by atoms with Crippen molar-refractivity contribution < 1.29 is 32.1 Å². The highest BCUT2D eigenvalue weighted by Gasteiger charge is 2.41. The van der Waals surface area contributed by atoms with E-state index in [1.165, 1.54) is 0 Å². The van der Waals surface area contributed by atoms with Gasteiger partial charge in [-0.15, -0.1) is 0 Å². The van der Waals surface area contributed by atoms with Gasteiger partial charge in [0.1, 0.15) is 25.1 Å². The van der Waals surface area contributed by atoms with Gasteiger partial charge in [0.15, 0.2) is 0 Å². The summed E-state index contributed by atoms with van der Waals surface area (Å²) in [7, 11) is 0. The first kappa shape index (κ1) is 15.7. The van der Waals surface area contributed by atoms with Gasteiger partial charge >= 0.3 is 12.3 Å². The molecule has 3 nitrogen and oxygen atoms in total.